The zero-order chi connectivity index (χ0) is 15.4. The average Bonchev–Trinajstić information content (AvgIpc) is 2.88. The molecule has 4 N–H and O–H groups in total. The number of nitrogens with one attached hydrogen (secondary N) is 2. The highest BCUT2D eigenvalue weighted by Crippen LogP contribution is 2.14. The molecule has 0 saturated carbocycles. The molecule has 1 aromatic carbocycles. The second-order valence-electron chi connectivity index (χ2n) is 4.40. The second kappa shape index (κ2) is 6.08. The number of nitrogens with two attached hydrogens (primary N) is 1. The number of hydrogen-bond acceptors (Lipinski definition) is 4. The monoisotopic (exact) mass is 287 g/mol. The Labute approximate surface area is 122 Å². The van der Waals surface area contributed by atoms with E-state index in [1.165, 1.54) is 0 Å². The van der Waals surface area contributed by atoms with Crippen LogP contribution in [0.3, 0.4) is 0 Å². The minimum Gasteiger partial charge on any atom is -0.396 e. The van der Waals surface area contributed by atoms with E-state index in [4.69, 9.17) is 5.73 Å². The van der Waals surface area contributed by atoms with Crippen LogP contribution in [0.15, 0.2) is 30.5 Å². The van der Waals surface area contributed by atoms with Crippen LogP contribution in [0, 0.1) is 0 Å². The van der Waals surface area contributed by atoms with E-state index in [9.17, 15) is 9.59 Å². The Kier molecular flexibility index (Phi) is 4.22. The fourth-order valence-electron chi connectivity index (χ4n) is 1.81. The van der Waals surface area contributed by atoms with Crippen LogP contribution in [0.4, 0.5) is 11.4 Å². The first-order valence-corrected chi connectivity index (χ1v) is 6.51. The maximum atomic E-state index is 12.1. The van der Waals surface area contributed by atoms with Crippen LogP contribution in [0.1, 0.15) is 27.8 Å². The van der Waals surface area contributed by atoms with Crippen molar-refractivity contribution in [3.8, 4) is 0 Å². The van der Waals surface area contributed by atoms with Gasteiger partial charge in [-0.25, -0.2) is 0 Å². The van der Waals surface area contributed by atoms with Crippen molar-refractivity contribution in [2.24, 2.45) is 0 Å². The van der Waals surface area contributed by atoms with Crippen molar-refractivity contribution in [3.63, 3.8) is 0 Å². The molecular formula is C14H17N5O2. The number of amides is 2. The normalized spacial score (nSPS) is 10.2. The predicted molar refractivity (Wildman–Crippen MR) is 80.1 cm³/mol. The number of nitrogens with zero attached hydrogens (tertiary/aromatic N) is 2. The Morgan fingerprint density at radius 1 is 1.24 bits per heavy atom. The summed E-state index contributed by atoms with van der Waals surface area (Å²) in [5, 5.41) is 9.32. The van der Waals surface area contributed by atoms with E-state index in [1.54, 1.807) is 42.2 Å². The van der Waals surface area contributed by atoms with Gasteiger partial charge in [0.05, 0.1) is 5.69 Å². The van der Waals surface area contributed by atoms with E-state index >= 15 is 0 Å². The predicted octanol–water partition coefficient (Wildman–Crippen LogP) is 1.10. The number of carbonyl (C=O) groups excluding carboxylic acids is 2. The van der Waals surface area contributed by atoms with Crippen LogP contribution in [-0.4, -0.2) is 28.6 Å². The molecule has 2 aromatic rings. The van der Waals surface area contributed by atoms with Gasteiger partial charge in [-0.3, -0.25) is 14.3 Å². The first-order valence-electron chi connectivity index (χ1n) is 6.51. The maximum absolute atomic E-state index is 12.1. The van der Waals surface area contributed by atoms with Gasteiger partial charge in [-0.15, -0.1) is 0 Å². The lowest BCUT2D eigenvalue weighted by Crippen LogP contribution is -2.18. The number of carbonyl (C=O) groups is 2. The van der Waals surface area contributed by atoms with E-state index in [2.05, 4.69) is 15.7 Å². The second-order valence-corrected chi connectivity index (χ2v) is 4.40. The van der Waals surface area contributed by atoms with Gasteiger partial charge in [0.1, 0.15) is 0 Å². The van der Waals surface area contributed by atoms with Crippen molar-refractivity contribution in [1.29, 1.82) is 0 Å². The minimum absolute atomic E-state index is 0.182. The maximum Gasteiger partial charge on any atom is 0.278 e. The Hall–Kier alpha value is -2.83. The third-order valence-electron chi connectivity index (χ3n) is 2.96. The van der Waals surface area contributed by atoms with Crippen LogP contribution in [-0.2, 0) is 6.54 Å². The summed E-state index contributed by atoms with van der Waals surface area (Å²) in [6.07, 6.45) is 1.61. The molecule has 1 aromatic heterocycles. The molecule has 2 rings (SSSR count). The number of aryl methyl sites for hydroxylation is 1. The van der Waals surface area contributed by atoms with Gasteiger partial charge in [0.15, 0.2) is 5.69 Å². The first-order chi connectivity index (χ1) is 10.0. The van der Waals surface area contributed by atoms with Crippen molar-refractivity contribution in [2.75, 3.05) is 18.1 Å². The van der Waals surface area contributed by atoms with Gasteiger partial charge in [-0.1, -0.05) is 0 Å². The van der Waals surface area contributed by atoms with Crippen molar-refractivity contribution >= 4 is 23.2 Å². The van der Waals surface area contributed by atoms with Crippen LogP contribution in [0.5, 0.6) is 0 Å². The van der Waals surface area contributed by atoms with Gasteiger partial charge in [0, 0.05) is 31.0 Å². The minimum atomic E-state index is -0.382. The molecule has 0 bridgehead atoms. The molecule has 0 fully saturated rings. The third-order valence-corrected chi connectivity index (χ3v) is 2.96. The lowest BCUT2D eigenvalue weighted by atomic mass is 10.2. The number of rotatable bonds is 4. The molecular weight excluding hydrogens is 270 g/mol. The molecule has 7 heteroatoms. The molecule has 0 unspecified atom stereocenters. The molecule has 7 nitrogen and oxygen atoms in total. The van der Waals surface area contributed by atoms with Crippen molar-refractivity contribution in [2.45, 2.75) is 13.5 Å². The van der Waals surface area contributed by atoms with E-state index in [1.807, 2.05) is 6.92 Å². The Morgan fingerprint density at radius 2 is 1.90 bits per heavy atom. The summed E-state index contributed by atoms with van der Waals surface area (Å²) >= 11 is 0. The van der Waals surface area contributed by atoms with E-state index < -0.39 is 0 Å². The van der Waals surface area contributed by atoms with E-state index in [-0.39, 0.29) is 17.5 Å². The standard InChI is InChI=1S/C14H17N5O2/c1-3-19-8-11(15)12(18-19)14(21)17-10-6-4-9(5-7-10)13(20)16-2/h4-8H,3,15H2,1-2H3,(H,16,20)(H,17,21). The van der Waals surface area contributed by atoms with Gasteiger partial charge < -0.3 is 16.4 Å². The largest absolute Gasteiger partial charge is 0.396 e. The first kappa shape index (κ1) is 14.6. The average molecular weight is 287 g/mol. The zero-order valence-corrected chi connectivity index (χ0v) is 11.9. The van der Waals surface area contributed by atoms with Crippen molar-refractivity contribution in [1.82, 2.24) is 15.1 Å². The van der Waals surface area contributed by atoms with E-state index in [0.29, 0.717) is 23.5 Å². The lowest BCUT2D eigenvalue weighted by Gasteiger charge is -2.05. The summed E-state index contributed by atoms with van der Waals surface area (Å²) in [6.45, 7) is 2.55. The quantitative estimate of drug-likeness (QED) is 0.783. The smallest absolute Gasteiger partial charge is 0.278 e. The fourth-order valence-corrected chi connectivity index (χ4v) is 1.81. The number of anilines is 2. The molecule has 2 amide bonds. The summed E-state index contributed by atoms with van der Waals surface area (Å²) in [4.78, 5) is 23.5. The topological polar surface area (TPSA) is 102 Å². The molecule has 0 aliphatic carbocycles. The molecule has 0 atom stereocenters. The molecule has 0 radical (unpaired) electrons. The van der Waals surface area contributed by atoms with Crippen molar-refractivity contribution in [3.05, 3.63) is 41.7 Å². The number of hydrogen-bond donors (Lipinski definition) is 3. The lowest BCUT2D eigenvalue weighted by molar-refractivity contribution is 0.0962. The summed E-state index contributed by atoms with van der Waals surface area (Å²) in [6, 6.07) is 6.55. The Balaban J connectivity index is 2.12. The highest BCUT2D eigenvalue weighted by Gasteiger charge is 2.14. The molecule has 0 aliphatic heterocycles. The number of nitrogen functional groups attached to an aromatic ring is 1. The Bertz CT molecular complexity index is 661. The summed E-state index contributed by atoms with van der Waals surface area (Å²) in [5.74, 6) is -0.564. The van der Waals surface area contributed by atoms with Gasteiger partial charge in [-0.2, -0.15) is 5.10 Å². The summed E-state index contributed by atoms with van der Waals surface area (Å²) in [5.41, 5.74) is 7.36. The summed E-state index contributed by atoms with van der Waals surface area (Å²) < 4.78 is 1.60. The van der Waals surface area contributed by atoms with Gasteiger partial charge in [-0.05, 0) is 31.2 Å². The van der Waals surface area contributed by atoms with E-state index in [0.717, 1.165) is 0 Å². The molecule has 0 aliphatic rings. The molecule has 0 spiro atoms. The molecule has 1 heterocycles. The molecule has 21 heavy (non-hydrogen) atoms. The molecule has 0 saturated heterocycles. The van der Waals surface area contributed by atoms with Crippen LogP contribution in [0.25, 0.3) is 0 Å². The zero-order valence-electron chi connectivity index (χ0n) is 11.9. The SMILES string of the molecule is CCn1cc(N)c(C(=O)Nc2ccc(C(=O)NC)cc2)n1. The van der Waals surface area contributed by atoms with Crippen LogP contribution in [0.2, 0.25) is 0 Å². The summed E-state index contributed by atoms with van der Waals surface area (Å²) in [7, 11) is 1.56. The van der Waals surface area contributed by atoms with Crippen LogP contribution >= 0.6 is 0 Å². The van der Waals surface area contributed by atoms with Gasteiger partial charge >= 0.3 is 0 Å². The fraction of sp³-hybridized carbons (Fsp3) is 0.214. The number of benzene rings is 1. The molecule has 110 valence electrons. The van der Waals surface area contributed by atoms with Crippen LogP contribution < -0.4 is 16.4 Å². The number of aromatic nitrogens is 2. The van der Waals surface area contributed by atoms with Gasteiger partial charge in [0.25, 0.3) is 11.8 Å². The Morgan fingerprint density at radius 3 is 2.43 bits per heavy atom. The highest BCUT2D eigenvalue weighted by molar-refractivity contribution is 6.06. The highest BCUT2D eigenvalue weighted by atomic mass is 16.2. The third kappa shape index (κ3) is 3.19. The van der Waals surface area contributed by atoms with Gasteiger partial charge in [0.2, 0.25) is 0 Å². The van der Waals surface area contributed by atoms with Crippen molar-refractivity contribution < 1.29 is 9.59 Å².